The molecule has 26 heavy (non-hydrogen) atoms. The Bertz CT molecular complexity index is 824. The van der Waals surface area contributed by atoms with Crippen LogP contribution in [0.25, 0.3) is 0 Å². The summed E-state index contributed by atoms with van der Waals surface area (Å²) in [6.07, 6.45) is -5.90. The number of alkyl halides is 3. The number of nitro benzene ring substituents is 2. The fourth-order valence-corrected chi connectivity index (χ4v) is 2.15. The topological polar surface area (TPSA) is 119 Å². The van der Waals surface area contributed by atoms with Crippen LogP contribution in [0.15, 0.2) is 42.5 Å². The van der Waals surface area contributed by atoms with Crippen molar-refractivity contribution in [2.24, 2.45) is 0 Å². The quantitative estimate of drug-likeness (QED) is 0.591. The van der Waals surface area contributed by atoms with Gasteiger partial charge < -0.3 is 10.4 Å². The lowest BCUT2D eigenvalue weighted by atomic mass is 10.1. The highest BCUT2D eigenvalue weighted by Crippen LogP contribution is 2.35. The molecule has 0 saturated heterocycles. The molecule has 2 rings (SSSR count). The Morgan fingerprint density at radius 3 is 2.15 bits per heavy atom. The number of benzene rings is 2. The Hall–Kier alpha value is -3.21. The second-order valence-electron chi connectivity index (χ2n) is 5.23. The molecule has 2 N–H and O–H groups in total. The van der Waals surface area contributed by atoms with Crippen molar-refractivity contribution in [1.82, 2.24) is 0 Å². The maximum absolute atomic E-state index is 12.7. The van der Waals surface area contributed by atoms with Crippen LogP contribution < -0.4 is 5.32 Å². The summed E-state index contributed by atoms with van der Waals surface area (Å²) in [7, 11) is 0. The van der Waals surface area contributed by atoms with Crippen LogP contribution in [0.2, 0.25) is 0 Å². The molecule has 0 aliphatic heterocycles. The van der Waals surface area contributed by atoms with E-state index in [0.717, 1.165) is 6.07 Å². The summed E-state index contributed by atoms with van der Waals surface area (Å²) >= 11 is 0. The summed E-state index contributed by atoms with van der Waals surface area (Å²) in [4.78, 5) is 20.0. The molecule has 2 aromatic rings. The van der Waals surface area contributed by atoms with Gasteiger partial charge in [-0.05, 0) is 29.8 Å². The zero-order chi connectivity index (χ0) is 19.5. The van der Waals surface area contributed by atoms with Crippen LogP contribution >= 0.6 is 0 Å². The smallest absolute Gasteiger partial charge is 0.387 e. The zero-order valence-corrected chi connectivity index (χ0v) is 12.9. The highest BCUT2D eigenvalue weighted by atomic mass is 19.4. The molecule has 1 atom stereocenters. The van der Waals surface area contributed by atoms with Gasteiger partial charge >= 0.3 is 6.18 Å². The number of aliphatic hydroxyl groups is 1. The number of nitrogens with one attached hydrogen (secondary N) is 1. The van der Waals surface area contributed by atoms with Gasteiger partial charge in [-0.2, -0.15) is 13.2 Å². The highest BCUT2D eigenvalue weighted by molar-refractivity contribution is 5.63. The van der Waals surface area contributed by atoms with Gasteiger partial charge in [0.25, 0.3) is 11.4 Å². The Kier molecular flexibility index (Phi) is 5.41. The molecular weight excluding hydrogens is 359 g/mol. The fraction of sp³-hybridized carbons (Fsp3) is 0.200. The summed E-state index contributed by atoms with van der Waals surface area (Å²) in [5.41, 5.74) is -2.00. The van der Waals surface area contributed by atoms with E-state index in [0.29, 0.717) is 17.7 Å². The van der Waals surface area contributed by atoms with Crippen LogP contribution in [0.3, 0.4) is 0 Å². The second-order valence-corrected chi connectivity index (χ2v) is 5.23. The van der Waals surface area contributed by atoms with Crippen LogP contribution in [-0.4, -0.2) is 21.5 Å². The van der Waals surface area contributed by atoms with Crippen molar-refractivity contribution in [3.63, 3.8) is 0 Å². The van der Waals surface area contributed by atoms with Gasteiger partial charge in [-0.3, -0.25) is 20.2 Å². The molecule has 138 valence electrons. The van der Waals surface area contributed by atoms with Gasteiger partial charge in [0.2, 0.25) is 0 Å². The molecule has 0 aliphatic carbocycles. The van der Waals surface area contributed by atoms with E-state index in [1.807, 2.05) is 0 Å². The van der Waals surface area contributed by atoms with Gasteiger partial charge in [0.15, 0.2) is 0 Å². The van der Waals surface area contributed by atoms with Gasteiger partial charge in [0, 0.05) is 24.7 Å². The van der Waals surface area contributed by atoms with E-state index in [1.54, 1.807) is 0 Å². The molecule has 1 unspecified atom stereocenters. The van der Waals surface area contributed by atoms with Gasteiger partial charge in [-0.1, -0.05) is 0 Å². The minimum atomic E-state index is -4.72. The lowest BCUT2D eigenvalue weighted by Gasteiger charge is -2.14. The van der Waals surface area contributed by atoms with Gasteiger partial charge in [-0.15, -0.1) is 0 Å². The first kappa shape index (κ1) is 19.1. The Balaban J connectivity index is 2.15. The van der Waals surface area contributed by atoms with Gasteiger partial charge in [0.05, 0.1) is 21.5 Å². The minimum absolute atomic E-state index is 0.174. The van der Waals surface area contributed by atoms with Crippen LogP contribution in [-0.2, 0) is 6.18 Å². The first-order valence-electron chi connectivity index (χ1n) is 7.11. The second kappa shape index (κ2) is 7.35. The SMILES string of the molecule is O=[N+]([O-])c1ccc(C(O)CNc2ccc(C(F)(F)F)cc2[N+](=O)[O-])cc1. The number of halogens is 3. The first-order chi connectivity index (χ1) is 12.1. The third-order valence-corrected chi connectivity index (χ3v) is 3.50. The molecular formula is C15H12F3N3O5. The van der Waals surface area contributed by atoms with Crippen LogP contribution in [0.1, 0.15) is 17.2 Å². The third kappa shape index (κ3) is 4.45. The molecule has 0 heterocycles. The first-order valence-corrected chi connectivity index (χ1v) is 7.11. The molecule has 0 bridgehead atoms. The number of nitrogens with zero attached hydrogens (tertiary/aromatic N) is 2. The molecule has 8 nitrogen and oxygen atoms in total. The number of hydrogen-bond acceptors (Lipinski definition) is 6. The number of hydrogen-bond donors (Lipinski definition) is 2. The van der Waals surface area contributed by atoms with E-state index in [-0.39, 0.29) is 17.9 Å². The Morgan fingerprint density at radius 1 is 1.04 bits per heavy atom. The summed E-state index contributed by atoms with van der Waals surface area (Å²) in [6.45, 7) is -0.246. The van der Waals surface area contributed by atoms with Crippen LogP contribution in [0.4, 0.5) is 30.2 Å². The molecule has 0 aliphatic rings. The number of non-ortho nitro benzene ring substituents is 1. The molecule has 0 aromatic heterocycles. The summed E-state index contributed by atoms with van der Waals surface area (Å²) < 4.78 is 38.0. The van der Waals surface area contributed by atoms with E-state index in [2.05, 4.69) is 5.32 Å². The molecule has 0 saturated carbocycles. The molecule has 0 amide bonds. The standard InChI is InChI=1S/C15H12F3N3O5/c16-15(17,18)10-3-6-12(13(7-10)21(25)26)19-8-14(22)9-1-4-11(5-2-9)20(23)24/h1-7,14,19,22H,8H2. The van der Waals surface area contributed by atoms with Gasteiger partial charge in [-0.25, -0.2) is 0 Å². The largest absolute Gasteiger partial charge is 0.416 e. The molecule has 2 aromatic carbocycles. The van der Waals surface area contributed by atoms with Crippen molar-refractivity contribution in [3.8, 4) is 0 Å². The monoisotopic (exact) mass is 371 g/mol. The van der Waals surface area contributed by atoms with Gasteiger partial charge in [0.1, 0.15) is 5.69 Å². The highest BCUT2D eigenvalue weighted by Gasteiger charge is 2.33. The summed E-state index contributed by atoms with van der Waals surface area (Å²) in [6, 6.07) is 6.98. The van der Waals surface area contributed by atoms with Crippen molar-refractivity contribution in [3.05, 3.63) is 73.8 Å². The van der Waals surface area contributed by atoms with Crippen LogP contribution in [0.5, 0.6) is 0 Å². The van der Waals surface area contributed by atoms with Crippen molar-refractivity contribution in [2.75, 3.05) is 11.9 Å². The third-order valence-electron chi connectivity index (χ3n) is 3.50. The average Bonchev–Trinajstić information content (AvgIpc) is 2.58. The van der Waals surface area contributed by atoms with E-state index in [9.17, 15) is 38.5 Å². The zero-order valence-electron chi connectivity index (χ0n) is 12.9. The molecule has 0 radical (unpaired) electrons. The molecule has 11 heteroatoms. The van der Waals surface area contributed by atoms with Crippen molar-refractivity contribution >= 4 is 17.1 Å². The van der Waals surface area contributed by atoms with E-state index in [4.69, 9.17) is 0 Å². The van der Waals surface area contributed by atoms with Crippen molar-refractivity contribution < 1.29 is 28.1 Å². The van der Waals surface area contributed by atoms with E-state index >= 15 is 0 Å². The number of nitro groups is 2. The number of anilines is 1. The van der Waals surface area contributed by atoms with Crippen LogP contribution in [0, 0.1) is 20.2 Å². The van der Waals surface area contributed by atoms with Crippen molar-refractivity contribution in [1.29, 1.82) is 0 Å². The maximum atomic E-state index is 12.7. The maximum Gasteiger partial charge on any atom is 0.416 e. The van der Waals surface area contributed by atoms with E-state index in [1.165, 1.54) is 24.3 Å². The summed E-state index contributed by atoms with van der Waals surface area (Å²) in [5.74, 6) is 0. The minimum Gasteiger partial charge on any atom is -0.387 e. The Labute approximate surface area is 144 Å². The lowest BCUT2D eigenvalue weighted by molar-refractivity contribution is -0.384. The predicted molar refractivity (Wildman–Crippen MR) is 84.6 cm³/mol. The average molecular weight is 371 g/mol. The van der Waals surface area contributed by atoms with Crippen molar-refractivity contribution in [2.45, 2.75) is 12.3 Å². The predicted octanol–water partition coefficient (Wildman–Crippen LogP) is 3.67. The Morgan fingerprint density at radius 2 is 1.65 bits per heavy atom. The molecule has 0 fully saturated rings. The lowest BCUT2D eigenvalue weighted by Crippen LogP contribution is -2.14. The number of aliphatic hydroxyl groups excluding tert-OH is 1. The normalized spacial score (nSPS) is 12.5. The van der Waals surface area contributed by atoms with E-state index < -0.39 is 33.4 Å². The molecule has 0 spiro atoms. The summed E-state index contributed by atoms with van der Waals surface area (Å²) in [5, 5.41) is 34.1. The fourth-order valence-electron chi connectivity index (χ4n) is 2.15. The number of rotatable bonds is 6.